The van der Waals surface area contributed by atoms with Crippen molar-refractivity contribution in [3.8, 4) is 11.5 Å². The number of thioether (sulfide) groups is 1. The summed E-state index contributed by atoms with van der Waals surface area (Å²) < 4.78 is 13.1. The Kier molecular flexibility index (Phi) is 8.44. The molecule has 10 heteroatoms. The van der Waals surface area contributed by atoms with Crippen molar-refractivity contribution >= 4 is 46.6 Å². The zero-order valence-electron chi connectivity index (χ0n) is 17.6. The zero-order valence-corrected chi connectivity index (χ0v) is 19.9. The summed E-state index contributed by atoms with van der Waals surface area (Å²) in [5.74, 6) is 1.73. The SMILES string of the molecule is C=CCn1c(COc2ccc(C)cc2OC)nnc1SCC(=O)Nc1cc(Cl)ccc1Cl. The number of amides is 1. The molecule has 0 aliphatic rings. The first-order chi connectivity index (χ1) is 15.4. The Labute approximate surface area is 200 Å². The van der Waals surface area contributed by atoms with E-state index >= 15 is 0 Å². The minimum absolute atomic E-state index is 0.116. The van der Waals surface area contributed by atoms with Gasteiger partial charge in [-0.2, -0.15) is 0 Å². The molecule has 32 heavy (non-hydrogen) atoms. The Morgan fingerprint density at radius 2 is 2.03 bits per heavy atom. The number of carbonyl (C=O) groups excluding carboxylic acids is 1. The minimum Gasteiger partial charge on any atom is -0.493 e. The van der Waals surface area contributed by atoms with E-state index in [0.717, 1.165) is 5.56 Å². The highest BCUT2D eigenvalue weighted by Gasteiger charge is 2.16. The molecule has 1 heterocycles. The number of rotatable bonds is 10. The summed E-state index contributed by atoms with van der Waals surface area (Å²) in [7, 11) is 1.60. The number of anilines is 1. The fourth-order valence-corrected chi connectivity index (χ4v) is 3.89. The maximum atomic E-state index is 12.4. The summed E-state index contributed by atoms with van der Waals surface area (Å²) in [6.45, 7) is 6.43. The van der Waals surface area contributed by atoms with E-state index < -0.39 is 0 Å². The molecule has 0 radical (unpaired) electrons. The highest BCUT2D eigenvalue weighted by molar-refractivity contribution is 7.99. The number of methoxy groups -OCH3 is 1. The lowest BCUT2D eigenvalue weighted by molar-refractivity contribution is -0.113. The first-order valence-electron chi connectivity index (χ1n) is 9.59. The Morgan fingerprint density at radius 3 is 2.78 bits per heavy atom. The van der Waals surface area contributed by atoms with Gasteiger partial charge in [-0.1, -0.05) is 47.1 Å². The van der Waals surface area contributed by atoms with E-state index in [-0.39, 0.29) is 18.3 Å². The predicted octanol–water partition coefficient (Wildman–Crippen LogP) is 5.40. The van der Waals surface area contributed by atoms with Crippen LogP contribution in [-0.2, 0) is 17.9 Å². The van der Waals surface area contributed by atoms with Gasteiger partial charge in [-0.05, 0) is 42.8 Å². The molecule has 0 aliphatic heterocycles. The number of aryl methyl sites for hydroxylation is 1. The van der Waals surface area contributed by atoms with Crippen LogP contribution in [0.15, 0.2) is 54.2 Å². The number of benzene rings is 2. The summed E-state index contributed by atoms with van der Waals surface area (Å²) in [5.41, 5.74) is 1.53. The number of nitrogens with one attached hydrogen (secondary N) is 1. The normalized spacial score (nSPS) is 10.6. The molecule has 2 aromatic carbocycles. The number of halogens is 2. The molecule has 0 atom stereocenters. The highest BCUT2D eigenvalue weighted by Crippen LogP contribution is 2.29. The number of aromatic nitrogens is 3. The van der Waals surface area contributed by atoms with Gasteiger partial charge in [-0.15, -0.1) is 16.8 Å². The van der Waals surface area contributed by atoms with Crippen molar-refractivity contribution < 1.29 is 14.3 Å². The van der Waals surface area contributed by atoms with Crippen molar-refractivity contribution in [3.05, 3.63) is 70.5 Å². The average Bonchev–Trinajstić information content (AvgIpc) is 3.15. The van der Waals surface area contributed by atoms with Crippen LogP contribution < -0.4 is 14.8 Å². The number of hydrogen-bond donors (Lipinski definition) is 1. The maximum absolute atomic E-state index is 12.4. The van der Waals surface area contributed by atoms with Gasteiger partial charge in [0.05, 0.1) is 23.6 Å². The van der Waals surface area contributed by atoms with Gasteiger partial charge < -0.3 is 14.8 Å². The summed E-state index contributed by atoms with van der Waals surface area (Å²) in [5, 5.41) is 12.6. The molecule has 0 saturated carbocycles. The van der Waals surface area contributed by atoms with Crippen LogP contribution in [0.3, 0.4) is 0 Å². The Hall–Kier alpha value is -2.68. The van der Waals surface area contributed by atoms with Crippen LogP contribution in [-0.4, -0.2) is 33.5 Å². The number of hydrogen-bond acceptors (Lipinski definition) is 6. The molecule has 0 bridgehead atoms. The predicted molar refractivity (Wildman–Crippen MR) is 128 cm³/mol. The molecular formula is C22H22Cl2N4O3S. The van der Waals surface area contributed by atoms with Crippen molar-refractivity contribution in [2.45, 2.75) is 25.2 Å². The standard InChI is InChI=1S/C22H22Cl2N4O3S/c1-4-9-28-20(12-31-18-8-5-14(2)10-19(18)30-3)26-27-22(28)32-13-21(29)25-17-11-15(23)6-7-16(17)24/h4-8,10-11H,1,9,12-13H2,2-3H3,(H,25,29). The lowest BCUT2D eigenvalue weighted by atomic mass is 10.2. The monoisotopic (exact) mass is 492 g/mol. The van der Waals surface area contributed by atoms with Gasteiger partial charge in [0.15, 0.2) is 22.5 Å². The summed E-state index contributed by atoms with van der Waals surface area (Å²) in [4.78, 5) is 12.4. The molecular weight excluding hydrogens is 471 g/mol. The molecule has 1 amide bonds. The van der Waals surface area contributed by atoms with Gasteiger partial charge in [-0.3, -0.25) is 9.36 Å². The molecule has 168 valence electrons. The third kappa shape index (κ3) is 6.18. The summed E-state index contributed by atoms with van der Waals surface area (Å²) in [6, 6.07) is 10.6. The van der Waals surface area contributed by atoms with Gasteiger partial charge >= 0.3 is 0 Å². The van der Waals surface area contributed by atoms with Crippen molar-refractivity contribution in [1.29, 1.82) is 0 Å². The summed E-state index contributed by atoms with van der Waals surface area (Å²) in [6.07, 6.45) is 1.73. The molecule has 0 saturated heterocycles. The van der Waals surface area contributed by atoms with Gasteiger partial charge in [-0.25, -0.2) is 0 Å². The topological polar surface area (TPSA) is 78.3 Å². The van der Waals surface area contributed by atoms with E-state index in [0.29, 0.717) is 44.8 Å². The number of nitrogens with zero attached hydrogens (tertiary/aromatic N) is 3. The molecule has 1 N–H and O–H groups in total. The Bertz CT molecular complexity index is 1120. The van der Waals surface area contributed by atoms with E-state index in [4.69, 9.17) is 32.7 Å². The molecule has 0 aliphatic carbocycles. The Morgan fingerprint density at radius 1 is 1.22 bits per heavy atom. The molecule has 1 aromatic heterocycles. The number of allylic oxidation sites excluding steroid dienone is 1. The summed E-state index contributed by atoms with van der Waals surface area (Å²) >= 11 is 13.3. The molecule has 3 rings (SSSR count). The Balaban J connectivity index is 1.66. The average molecular weight is 493 g/mol. The lowest BCUT2D eigenvalue weighted by Gasteiger charge is -2.12. The quantitative estimate of drug-likeness (QED) is 0.301. The second-order valence-electron chi connectivity index (χ2n) is 6.70. The largest absolute Gasteiger partial charge is 0.493 e. The highest BCUT2D eigenvalue weighted by atomic mass is 35.5. The second kappa shape index (κ2) is 11.3. The third-order valence-corrected chi connectivity index (χ3v) is 5.85. The lowest BCUT2D eigenvalue weighted by Crippen LogP contribution is -2.15. The van der Waals surface area contributed by atoms with E-state index in [1.54, 1.807) is 31.4 Å². The van der Waals surface area contributed by atoms with E-state index in [1.165, 1.54) is 11.8 Å². The zero-order chi connectivity index (χ0) is 23.1. The van der Waals surface area contributed by atoms with E-state index in [1.807, 2.05) is 29.7 Å². The van der Waals surface area contributed by atoms with Crippen LogP contribution in [0.5, 0.6) is 11.5 Å². The number of ether oxygens (including phenoxy) is 2. The van der Waals surface area contributed by atoms with Gasteiger partial charge in [0.2, 0.25) is 5.91 Å². The fraction of sp³-hybridized carbons (Fsp3) is 0.227. The maximum Gasteiger partial charge on any atom is 0.234 e. The van der Waals surface area contributed by atoms with Crippen LogP contribution in [0.4, 0.5) is 5.69 Å². The van der Waals surface area contributed by atoms with Crippen molar-refractivity contribution in [2.75, 3.05) is 18.2 Å². The number of carbonyl (C=O) groups is 1. The molecule has 0 fully saturated rings. The van der Waals surface area contributed by atoms with Crippen LogP contribution in [0.1, 0.15) is 11.4 Å². The molecule has 7 nitrogen and oxygen atoms in total. The van der Waals surface area contributed by atoms with E-state index in [9.17, 15) is 4.79 Å². The van der Waals surface area contributed by atoms with Crippen LogP contribution in [0.2, 0.25) is 10.0 Å². The van der Waals surface area contributed by atoms with Gasteiger partial charge in [0.25, 0.3) is 0 Å². The first kappa shape index (κ1) is 24.0. The first-order valence-corrected chi connectivity index (χ1v) is 11.3. The van der Waals surface area contributed by atoms with Crippen molar-refractivity contribution in [1.82, 2.24) is 14.8 Å². The second-order valence-corrected chi connectivity index (χ2v) is 8.49. The van der Waals surface area contributed by atoms with Crippen molar-refractivity contribution in [2.24, 2.45) is 0 Å². The van der Waals surface area contributed by atoms with E-state index in [2.05, 4.69) is 22.1 Å². The third-order valence-electron chi connectivity index (χ3n) is 4.32. The smallest absolute Gasteiger partial charge is 0.234 e. The molecule has 0 unspecified atom stereocenters. The molecule has 3 aromatic rings. The van der Waals surface area contributed by atoms with Crippen LogP contribution >= 0.6 is 35.0 Å². The van der Waals surface area contributed by atoms with Crippen LogP contribution in [0.25, 0.3) is 0 Å². The van der Waals surface area contributed by atoms with Crippen molar-refractivity contribution in [3.63, 3.8) is 0 Å². The minimum atomic E-state index is -0.241. The van der Waals surface area contributed by atoms with Gasteiger partial charge in [0.1, 0.15) is 6.61 Å². The molecule has 0 spiro atoms. The van der Waals surface area contributed by atoms with Gasteiger partial charge in [0, 0.05) is 11.6 Å². The fourth-order valence-electron chi connectivity index (χ4n) is 2.79. The van der Waals surface area contributed by atoms with Crippen LogP contribution in [0, 0.1) is 6.92 Å².